The maximum absolute atomic E-state index is 12.8. The van der Waals surface area contributed by atoms with Crippen LogP contribution in [0.25, 0.3) is 11.5 Å². The van der Waals surface area contributed by atoms with Crippen LogP contribution in [0.2, 0.25) is 0 Å². The fraction of sp³-hybridized carbons (Fsp3) is 0.500. The zero-order valence-corrected chi connectivity index (χ0v) is 25.0. The molecule has 0 atom stereocenters. The molecule has 40 heavy (non-hydrogen) atoms. The average Bonchev–Trinajstić information content (AvgIpc) is 3.53. The van der Waals surface area contributed by atoms with E-state index < -0.39 is 11.6 Å². The average molecular weight is 635 g/mol. The van der Waals surface area contributed by atoms with E-state index >= 15 is 0 Å². The van der Waals surface area contributed by atoms with Crippen LogP contribution in [0, 0.1) is 5.92 Å². The summed E-state index contributed by atoms with van der Waals surface area (Å²) in [7, 11) is 0. The largest absolute Gasteiger partial charge is 0.465 e. The van der Waals surface area contributed by atoms with Crippen molar-refractivity contribution in [3.63, 3.8) is 0 Å². The van der Waals surface area contributed by atoms with Gasteiger partial charge in [0, 0.05) is 34.5 Å². The molecule has 0 radical (unpaired) electrons. The third kappa shape index (κ3) is 6.07. The molecule has 0 spiro atoms. The van der Waals surface area contributed by atoms with Gasteiger partial charge in [0.1, 0.15) is 6.54 Å². The van der Waals surface area contributed by atoms with E-state index in [1.54, 1.807) is 32.0 Å². The standard InChI is InChI=1S/C26H32BrN7O5S/c1-26(2,3)34(25(36)37)12-20(35)32-7-4-15(5-8-32)6-9-33-13-29-22(28)21-23(33)31-24(30-21)40-19-11-18-17(10-16(19)27)38-14-39-18/h10-11,13,15H,4-9,12,14,28H2,1-3H3,(H,36,37). The van der Waals surface area contributed by atoms with Crippen molar-refractivity contribution in [3.05, 3.63) is 22.9 Å². The Balaban J connectivity index is 1.20. The molecule has 0 aromatic heterocycles. The summed E-state index contributed by atoms with van der Waals surface area (Å²) >= 11 is 4.98. The van der Waals surface area contributed by atoms with Crippen LogP contribution in [0.1, 0.15) is 40.0 Å². The van der Waals surface area contributed by atoms with Crippen molar-refractivity contribution in [1.29, 1.82) is 0 Å². The molecule has 5 rings (SSSR count). The second-order valence-electron chi connectivity index (χ2n) is 10.9. The Morgan fingerprint density at radius 2 is 1.90 bits per heavy atom. The number of aryl methyl sites for hydroxylation is 1. The topological polar surface area (TPSA) is 149 Å². The number of benzene rings is 1. The molecular formula is C26H32BrN7O5S. The number of anilines is 1. The number of amides is 2. The zero-order chi connectivity index (χ0) is 28.6. The fourth-order valence-corrected chi connectivity index (χ4v) is 6.19. The van der Waals surface area contributed by atoms with Crippen molar-refractivity contribution in [1.82, 2.24) is 29.3 Å². The Bertz CT molecular complexity index is 1390. The summed E-state index contributed by atoms with van der Waals surface area (Å²) in [6, 6.07) is 3.77. The number of hydrogen-bond acceptors (Lipinski definition) is 9. The minimum atomic E-state index is -1.09. The van der Waals surface area contributed by atoms with Crippen LogP contribution in [0.4, 0.5) is 10.6 Å². The predicted octanol–water partition coefficient (Wildman–Crippen LogP) is 4.41. The maximum Gasteiger partial charge on any atom is 0.408 e. The first-order valence-electron chi connectivity index (χ1n) is 13.0. The molecule has 0 aliphatic carbocycles. The predicted molar refractivity (Wildman–Crippen MR) is 152 cm³/mol. The second-order valence-corrected chi connectivity index (χ2v) is 12.8. The van der Waals surface area contributed by atoms with Crippen LogP contribution in [0.3, 0.4) is 0 Å². The number of nitrogens with two attached hydrogens (primary N) is 1. The molecule has 4 aliphatic heterocycles. The van der Waals surface area contributed by atoms with Gasteiger partial charge < -0.3 is 29.8 Å². The normalized spacial score (nSPS) is 15.6. The summed E-state index contributed by atoms with van der Waals surface area (Å²) in [5, 5.41) is 10.1. The van der Waals surface area contributed by atoms with Gasteiger partial charge in [-0.25, -0.2) is 19.7 Å². The van der Waals surface area contributed by atoms with Crippen LogP contribution < -0.4 is 15.2 Å². The lowest BCUT2D eigenvalue weighted by Crippen LogP contribution is -2.51. The Kier molecular flexibility index (Phi) is 8.00. The molecule has 1 aromatic carbocycles. The van der Waals surface area contributed by atoms with E-state index in [9.17, 15) is 14.7 Å². The van der Waals surface area contributed by atoms with E-state index in [1.807, 2.05) is 16.7 Å². The summed E-state index contributed by atoms with van der Waals surface area (Å²) in [4.78, 5) is 42.0. The highest BCUT2D eigenvalue weighted by atomic mass is 79.9. The molecule has 14 heteroatoms. The fourth-order valence-electron chi connectivity index (χ4n) is 4.84. The monoisotopic (exact) mass is 633 g/mol. The van der Waals surface area contributed by atoms with Gasteiger partial charge in [0.15, 0.2) is 34.0 Å². The van der Waals surface area contributed by atoms with Gasteiger partial charge in [0.2, 0.25) is 12.7 Å². The van der Waals surface area contributed by atoms with E-state index in [0.29, 0.717) is 59.5 Å². The van der Waals surface area contributed by atoms with Crippen LogP contribution in [0.15, 0.2) is 33.0 Å². The van der Waals surface area contributed by atoms with E-state index in [2.05, 4.69) is 25.9 Å². The van der Waals surface area contributed by atoms with Gasteiger partial charge in [0.05, 0.1) is 6.33 Å². The summed E-state index contributed by atoms with van der Waals surface area (Å²) in [5.41, 5.74) is 6.06. The number of halogens is 1. The SMILES string of the molecule is CC(C)(C)N(CC(=O)N1CCC(CCn2cnc(N)c3nc(Sc4cc5c(cc4Br)OCO5)nc2-3)CC1)C(=O)O. The summed E-state index contributed by atoms with van der Waals surface area (Å²) in [6.45, 7) is 7.35. The number of nitrogen functional groups attached to an aromatic ring is 1. The molecule has 1 fully saturated rings. The van der Waals surface area contributed by atoms with Gasteiger partial charge in [-0.15, -0.1) is 0 Å². The highest BCUT2D eigenvalue weighted by molar-refractivity contribution is 9.10. The van der Waals surface area contributed by atoms with Crippen LogP contribution >= 0.6 is 27.7 Å². The third-order valence-corrected chi connectivity index (χ3v) is 9.02. The van der Waals surface area contributed by atoms with Gasteiger partial charge in [-0.2, -0.15) is 0 Å². The first-order chi connectivity index (χ1) is 19.0. The Labute approximate surface area is 244 Å². The molecule has 214 valence electrons. The number of carboxylic acid groups (broad SMARTS) is 1. The molecule has 0 bridgehead atoms. The molecule has 2 amide bonds. The number of likely N-dealkylation sites (tertiary alicyclic amines) is 1. The molecule has 4 heterocycles. The summed E-state index contributed by atoms with van der Waals surface area (Å²) < 4.78 is 13.8. The highest BCUT2D eigenvalue weighted by Crippen LogP contribution is 2.43. The first kappa shape index (κ1) is 28.3. The smallest absolute Gasteiger partial charge is 0.408 e. The van der Waals surface area contributed by atoms with E-state index in [0.717, 1.165) is 28.6 Å². The summed E-state index contributed by atoms with van der Waals surface area (Å²) in [5.74, 6) is 2.64. The lowest BCUT2D eigenvalue weighted by atomic mass is 9.93. The maximum atomic E-state index is 12.8. The van der Waals surface area contributed by atoms with Crippen LogP contribution in [-0.4, -0.2) is 78.4 Å². The van der Waals surface area contributed by atoms with Gasteiger partial charge >= 0.3 is 6.09 Å². The Morgan fingerprint density at radius 3 is 2.58 bits per heavy atom. The summed E-state index contributed by atoms with van der Waals surface area (Å²) in [6.07, 6.45) is 3.21. The zero-order valence-electron chi connectivity index (χ0n) is 22.6. The second kappa shape index (κ2) is 11.3. The molecule has 12 nitrogen and oxygen atoms in total. The van der Waals surface area contributed by atoms with Crippen molar-refractivity contribution in [2.24, 2.45) is 5.92 Å². The van der Waals surface area contributed by atoms with Crippen LogP contribution in [-0.2, 0) is 11.3 Å². The minimum Gasteiger partial charge on any atom is -0.465 e. The first-order valence-corrected chi connectivity index (χ1v) is 14.6. The van der Waals surface area contributed by atoms with E-state index in [4.69, 9.17) is 20.2 Å². The van der Waals surface area contributed by atoms with Gasteiger partial charge in [-0.1, -0.05) is 0 Å². The Morgan fingerprint density at radius 1 is 1.20 bits per heavy atom. The number of piperidine rings is 1. The number of fused-ring (bicyclic) bond motifs is 2. The van der Waals surface area contributed by atoms with Crippen molar-refractivity contribution in [3.8, 4) is 23.0 Å². The highest BCUT2D eigenvalue weighted by Gasteiger charge is 2.31. The molecule has 4 aliphatic rings. The van der Waals surface area contributed by atoms with E-state index in [1.165, 1.54) is 16.7 Å². The lowest BCUT2D eigenvalue weighted by Gasteiger charge is -2.37. The van der Waals surface area contributed by atoms with Gasteiger partial charge in [-0.05, 0) is 85.8 Å². The number of carbonyl (C=O) groups is 2. The lowest BCUT2D eigenvalue weighted by molar-refractivity contribution is -0.134. The number of ether oxygens (including phenoxy) is 2. The molecular weight excluding hydrogens is 602 g/mol. The number of imidazole rings is 1. The molecule has 1 aromatic rings. The van der Waals surface area contributed by atoms with Gasteiger partial charge in [0.25, 0.3) is 0 Å². The van der Waals surface area contributed by atoms with Crippen molar-refractivity contribution in [2.45, 2.75) is 62.2 Å². The quantitative estimate of drug-likeness (QED) is 0.383. The number of nitrogens with zero attached hydrogens (tertiary/aromatic N) is 6. The minimum absolute atomic E-state index is 0.132. The van der Waals surface area contributed by atoms with E-state index in [-0.39, 0.29) is 19.2 Å². The van der Waals surface area contributed by atoms with Crippen molar-refractivity contribution in [2.75, 3.05) is 32.2 Å². The molecule has 3 N–H and O–H groups in total. The number of hydrogen-bond donors (Lipinski definition) is 2. The number of rotatable bonds is 7. The molecule has 0 unspecified atom stereocenters. The van der Waals surface area contributed by atoms with Crippen molar-refractivity contribution >= 4 is 45.5 Å². The molecule has 0 saturated carbocycles. The molecule has 1 saturated heterocycles. The van der Waals surface area contributed by atoms with Crippen LogP contribution in [0.5, 0.6) is 11.5 Å². The number of aromatic nitrogens is 4. The number of carbonyl (C=O) groups excluding carboxylic acids is 1. The third-order valence-electron chi connectivity index (χ3n) is 7.18. The Hall–Kier alpha value is -3.26. The van der Waals surface area contributed by atoms with Crippen molar-refractivity contribution < 1.29 is 24.2 Å². The van der Waals surface area contributed by atoms with Gasteiger partial charge in [-0.3, -0.25) is 9.69 Å².